The monoisotopic (exact) mass is 316 g/mol. The number of piperidine rings is 1. The molecule has 1 atom stereocenters. The number of rotatable bonds is 5. The lowest BCUT2D eigenvalue weighted by molar-refractivity contribution is -0.133. The molecule has 122 valence electrons. The Balaban J connectivity index is 1.54. The van der Waals surface area contributed by atoms with Crippen LogP contribution >= 0.6 is 0 Å². The molecule has 2 aromatic rings. The van der Waals surface area contributed by atoms with Gasteiger partial charge in [0, 0.05) is 50.5 Å². The van der Waals surface area contributed by atoms with E-state index in [2.05, 4.69) is 15.1 Å². The van der Waals surface area contributed by atoms with Gasteiger partial charge in [0.1, 0.15) is 0 Å². The number of pyridine rings is 1. The van der Waals surface area contributed by atoms with E-state index in [-0.39, 0.29) is 18.4 Å². The lowest BCUT2D eigenvalue weighted by Gasteiger charge is -2.31. The van der Waals surface area contributed by atoms with E-state index in [9.17, 15) is 9.90 Å². The highest BCUT2D eigenvalue weighted by Crippen LogP contribution is 2.18. The number of aliphatic hydroxyl groups excluding tert-OH is 1. The summed E-state index contributed by atoms with van der Waals surface area (Å²) in [4.78, 5) is 22.3. The molecule has 23 heavy (non-hydrogen) atoms. The highest BCUT2D eigenvalue weighted by atomic mass is 16.5. The molecule has 0 aromatic carbocycles. The van der Waals surface area contributed by atoms with Gasteiger partial charge in [-0.25, -0.2) is 0 Å². The Morgan fingerprint density at radius 1 is 1.39 bits per heavy atom. The summed E-state index contributed by atoms with van der Waals surface area (Å²) < 4.78 is 5.21. The highest BCUT2D eigenvalue weighted by molar-refractivity contribution is 5.76. The first kappa shape index (κ1) is 15.6. The molecule has 3 rings (SSSR count). The fraction of sp³-hybridized carbons (Fsp3) is 0.500. The van der Waals surface area contributed by atoms with Crippen LogP contribution in [0.5, 0.6) is 0 Å². The van der Waals surface area contributed by atoms with E-state index in [4.69, 9.17) is 4.52 Å². The summed E-state index contributed by atoms with van der Waals surface area (Å²) in [5.41, 5.74) is 0.836. The third-order valence-electron chi connectivity index (χ3n) is 4.09. The second kappa shape index (κ2) is 7.32. The molecular weight excluding hydrogens is 296 g/mol. The van der Waals surface area contributed by atoms with Crippen molar-refractivity contribution in [3.63, 3.8) is 0 Å². The summed E-state index contributed by atoms with van der Waals surface area (Å²) in [6.45, 7) is 1.55. The van der Waals surface area contributed by atoms with Crippen LogP contribution < -0.4 is 0 Å². The summed E-state index contributed by atoms with van der Waals surface area (Å²) in [5.74, 6) is 1.25. The quantitative estimate of drug-likeness (QED) is 0.893. The predicted octanol–water partition coefficient (Wildman–Crippen LogP) is 1.30. The molecule has 1 aliphatic rings. The second-order valence-electron chi connectivity index (χ2n) is 5.78. The average molecular weight is 316 g/mol. The van der Waals surface area contributed by atoms with Gasteiger partial charge in [-0.05, 0) is 30.9 Å². The lowest BCUT2D eigenvalue weighted by Crippen LogP contribution is -2.41. The Morgan fingerprint density at radius 2 is 2.22 bits per heavy atom. The van der Waals surface area contributed by atoms with Gasteiger partial charge in [-0.15, -0.1) is 0 Å². The van der Waals surface area contributed by atoms with E-state index in [0.717, 1.165) is 24.9 Å². The van der Waals surface area contributed by atoms with Crippen LogP contribution in [0.2, 0.25) is 0 Å². The Bertz CT molecular complexity index is 644. The van der Waals surface area contributed by atoms with Crippen molar-refractivity contribution < 1.29 is 14.4 Å². The zero-order valence-corrected chi connectivity index (χ0v) is 12.9. The standard InChI is InChI=1S/C16H20N4O3/c21-11-12-2-1-9-20(10-12)15(22)4-3-14-18-16(19-23-14)13-5-7-17-8-6-13/h5-8,12,21H,1-4,9-11H2. The minimum atomic E-state index is 0.0758. The number of aliphatic hydroxyl groups is 1. The molecule has 2 aromatic heterocycles. The largest absolute Gasteiger partial charge is 0.396 e. The van der Waals surface area contributed by atoms with Gasteiger partial charge in [-0.1, -0.05) is 5.16 Å². The molecule has 7 heteroatoms. The molecule has 7 nitrogen and oxygen atoms in total. The van der Waals surface area contributed by atoms with Crippen molar-refractivity contribution in [2.24, 2.45) is 5.92 Å². The first-order valence-corrected chi connectivity index (χ1v) is 7.88. The topological polar surface area (TPSA) is 92.3 Å². The maximum Gasteiger partial charge on any atom is 0.227 e. The van der Waals surface area contributed by atoms with Gasteiger partial charge in [0.25, 0.3) is 0 Å². The van der Waals surface area contributed by atoms with E-state index in [1.165, 1.54) is 0 Å². The Labute approximate surface area is 134 Å². The number of nitrogens with zero attached hydrogens (tertiary/aromatic N) is 4. The van der Waals surface area contributed by atoms with Crippen molar-refractivity contribution in [2.45, 2.75) is 25.7 Å². The van der Waals surface area contributed by atoms with Gasteiger partial charge in [0.15, 0.2) is 0 Å². The van der Waals surface area contributed by atoms with Crippen LogP contribution in [-0.2, 0) is 11.2 Å². The van der Waals surface area contributed by atoms with Crippen LogP contribution in [0, 0.1) is 5.92 Å². The van der Waals surface area contributed by atoms with E-state index >= 15 is 0 Å². The average Bonchev–Trinajstić information content (AvgIpc) is 3.09. The molecular formula is C16H20N4O3. The molecule has 0 bridgehead atoms. The maximum absolute atomic E-state index is 12.3. The van der Waals surface area contributed by atoms with Gasteiger partial charge < -0.3 is 14.5 Å². The van der Waals surface area contributed by atoms with Gasteiger partial charge in [-0.3, -0.25) is 9.78 Å². The maximum atomic E-state index is 12.3. The van der Waals surface area contributed by atoms with Crippen molar-refractivity contribution in [2.75, 3.05) is 19.7 Å². The SMILES string of the molecule is O=C(CCc1nc(-c2ccncc2)no1)N1CCCC(CO)C1. The van der Waals surface area contributed by atoms with Crippen LogP contribution in [0.15, 0.2) is 29.0 Å². The second-order valence-corrected chi connectivity index (χ2v) is 5.78. The number of carbonyl (C=O) groups excluding carboxylic acids is 1. The zero-order valence-electron chi connectivity index (χ0n) is 12.9. The fourth-order valence-electron chi connectivity index (χ4n) is 2.79. The van der Waals surface area contributed by atoms with Crippen molar-refractivity contribution in [3.8, 4) is 11.4 Å². The number of carbonyl (C=O) groups is 1. The summed E-state index contributed by atoms with van der Waals surface area (Å²) >= 11 is 0. The van der Waals surface area contributed by atoms with Crippen LogP contribution in [-0.4, -0.2) is 50.7 Å². The number of hydrogen-bond donors (Lipinski definition) is 1. The summed E-state index contributed by atoms with van der Waals surface area (Å²) in [6, 6.07) is 3.62. The summed E-state index contributed by atoms with van der Waals surface area (Å²) in [5, 5.41) is 13.2. The third-order valence-corrected chi connectivity index (χ3v) is 4.09. The van der Waals surface area contributed by atoms with Crippen LogP contribution in [0.3, 0.4) is 0 Å². The smallest absolute Gasteiger partial charge is 0.227 e. The van der Waals surface area contributed by atoms with E-state index in [1.807, 2.05) is 17.0 Å². The van der Waals surface area contributed by atoms with Crippen LogP contribution in [0.4, 0.5) is 0 Å². The first-order valence-electron chi connectivity index (χ1n) is 7.88. The molecule has 0 spiro atoms. The number of aryl methyl sites for hydroxylation is 1. The zero-order chi connectivity index (χ0) is 16.1. The third kappa shape index (κ3) is 3.92. The number of likely N-dealkylation sites (tertiary alicyclic amines) is 1. The number of amides is 1. The van der Waals surface area contributed by atoms with E-state index < -0.39 is 0 Å². The minimum absolute atomic E-state index is 0.0758. The van der Waals surface area contributed by atoms with Crippen molar-refractivity contribution in [1.29, 1.82) is 0 Å². The molecule has 0 saturated carbocycles. The van der Waals surface area contributed by atoms with Gasteiger partial charge in [0.2, 0.25) is 17.6 Å². The van der Waals surface area contributed by atoms with Crippen LogP contribution in [0.25, 0.3) is 11.4 Å². The summed E-state index contributed by atoms with van der Waals surface area (Å²) in [7, 11) is 0. The molecule has 1 saturated heterocycles. The predicted molar refractivity (Wildman–Crippen MR) is 82.2 cm³/mol. The van der Waals surface area contributed by atoms with Gasteiger partial charge in [-0.2, -0.15) is 4.98 Å². The fourth-order valence-corrected chi connectivity index (χ4v) is 2.79. The lowest BCUT2D eigenvalue weighted by atomic mass is 9.99. The Hall–Kier alpha value is -2.28. The molecule has 1 amide bonds. The molecule has 1 fully saturated rings. The van der Waals surface area contributed by atoms with Crippen molar-refractivity contribution >= 4 is 5.91 Å². The number of aromatic nitrogens is 3. The minimum Gasteiger partial charge on any atom is -0.396 e. The molecule has 1 N–H and O–H groups in total. The summed E-state index contributed by atoms with van der Waals surface area (Å²) in [6.07, 6.45) is 6.04. The Kier molecular flexibility index (Phi) is 4.97. The molecule has 1 aliphatic heterocycles. The number of hydrogen-bond acceptors (Lipinski definition) is 6. The van der Waals surface area contributed by atoms with Crippen molar-refractivity contribution in [3.05, 3.63) is 30.4 Å². The van der Waals surface area contributed by atoms with Crippen molar-refractivity contribution in [1.82, 2.24) is 20.0 Å². The molecule has 1 unspecified atom stereocenters. The molecule has 3 heterocycles. The molecule has 0 aliphatic carbocycles. The van der Waals surface area contributed by atoms with Gasteiger partial charge >= 0.3 is 0 Å². The van der Waals surface area contributed by atoms with Crippen LogP contribution in [0.1, 0.15) is 25.2 Å². The van der Waals surface area contributed by atoms with Gasteiger partial charge in [0.05, 0.1) is 0 Å². The normalized spacial score (nSPS) is 18.1. The first-order chi connectivity index (χ1) is 11.3. The highest BCUT2D eigenvalue weighted by Gasteiger charge is 2.23. The molecule has 0 radical (unpaired) electrons. The Morgan fingerprint density at radius 3 is 3.00 bits per heavy atom. The van der Waals surface area contributed by atoms with E-state index in [0.29, 0.717) is 31.1 Å². The van der Waals surface area contributed by atoms with E-state index in [1.54, 1.807) is 12.4 Å².